The lowest BCUT2D eigenvalue weighted by atomic mass is 9.94. The van der Waals surface area contributed by atoms with Gasteiger partial charge in [-0.2, -0.15) is 0 Å². The lowest BCUT2D eigenvalue weighted by Crippen LogP contribution is -2.31. The van der Waals surface area contributed by atoms with Crippen molar-refractivity contribution in [2.24, 2.45) is 0 Å². The highest BCUT2D eigenvalue weighted by atomic mass is 16.5. The van der Waals surface area contributed by atoms with Crippen LogP contribution in [0.2, 0.25) is 0 Å². The number of carbonyl (C=O) groups excluding carboxylic acids is 2. The molecule has 1 heterocycles. The molecule has 1 aliphatic rings. The molecule has 1 aliphatic heterocycles. The van der Waals surface area contributed by atoms with Crippen LogP contribution in [0.4, 0.5) is 0 Å². The largest absolute Gasteiger partial charge is 0.507 e. The molecule has 1 N–H and O–H groups in total. The molecule has 0 spiro atoms. The zero-order chi connectivity index (χ0) is 29.2. The van der Waals surface area contributed by atoms with Crippen molar-refractivity contribution < 1.29 is 28.9 Å². The van der Waals surface area contributed by atoms with Crippen molar-refractivity contribution >= 4 is 17.4 Å². The summed E-state index contributed by atoms with van der Waals surface area (Å²) in [6.07, 6.45) is 4.49. The Kier molecular flexibility index (Phi) is 10.4. The predicted molar refractivity (Wildman–Crippen MR) is 159 cm³/mol. The molecule has 0 bridgehead atoms. The van der Waals surface area contributed by atoms with Crippen LogP contribution >= 0.6 is 0 Å². The molecule has 3 aromatic carbocycles. The Labute approximate surface area is 242 Å². The quantitative estimate of drug-likeness (QED) is 0.103. The highest BCUT2D eigenvalue weighted by molar-refractivity contribution is 6.46. The van der Waals surface area contributed by atoms with Gasteiger partial charge in [-0.05, 0) is 54.7 Å². The number of hydrogen-bond donors (Lipinski definition) is 1. The number of carbonyl (C=O) groups is 2. The van der Waals surface area contributed by atoms with Crippen LogP contribution in [0, 0.1) is 0 Å². The van der Waals surface area contributed by atoms with Gasteiger partial charge in [-0.25, -0.2) is 0 Å². The molecule has 1 fully saturated rings. The molecule has 0 aromatic heterocycles. The van der Waals surface area contributed by atoms with Gasteiger partial charge in [0.25, 0.3) is 11.7 Å². The van der Waals surface area contributed by atoms with Gasteiger partial charge in [-0.3, -0.25) is 9.59 Å². The number of methoxy groups -OCH3 is 1. The van der Waals surface area contributed by atoms with E-state index in [-0.39, 0.29) is 11.3 Å². The first kappa shape index (κ1) is 29.7. The van der Waals surface area contributed by atoms with Gasteiger partial charge in [0.2, 0.25) is 0 Å². The third-order valence-corrected chi connectivity index (χ3v) is 7.11. The molecule has 0 aliphatic carbocycles. The number of ether oxygens (including phenoxy) is 3. The van der Waals surface area contributed by atoms with Crippen LogP contribution in [-0.2, 0) is 16.0 Å². The summed E-state index contributed by atoms with van der Waals surface area (Å²) in [4.78, 5) is 28.5. The third kappa shape index (κ3) is 7.09. The van der Waals surface area contributed by atoms with Crippen molar-refractivity contribution in [1.82, 2.24) is 4.90 Å². The summed E-state index contributed by atoms with van der Waals surface area (Å²) in [6, 6.07) is 21.4. The summed E-state index contributed by atoms with van der Waals surface area (Å²) in [7, 11) is 1.56. The van der Waals surface area contributed by atoms with Crippen LogP contribution in [-0.4, -0.2) is 48.6 Å². The Balaban J connectivity index is 1.75. The first-order valence-electron chi connectivity index (χ1n) is 14.3. The topological polar surface area (TPSA) is 85.3 Å². The SMILES string of the molecule is CCCCCOc1ccc(C2/C(=C(\O)c3cccc(OCCC)c3)C(=O)C(=O)N2CCc2ccccc2)cc1OC. The van der Waals surface area contributed by atoms with Gasteiger partial charge in [-0.15, -0.1) is 0 Å². The van der Waals surface area contributed by atoms with Crippen LogP contribution in [0.1, 0.15) is 62.3 Å². The molecule has 0 radical (unpaired) electrons. The van der Waals surface area contributed by atoms with E-state index in [1.165, 1.54) is 4.90 Å². The molecule has 7 heteroatoms. The predicted octanol–water partition coefficient (Wildman–Crippen LogP) is 6.72. The maximum atomic E-state index is 13.5. The van der Waals surface area contributed by atoms with E-state index in [2.05, 4.69) is 6.92 Å². The van der Waals surface area contributed by atoms with Crippen LogP contribution in [0.3, 0.4) is 0 Å². The fourth-order valence-electron chi connectivity index (χ4n) is 4.97. The van der Waals surface area contributed by atoms with Gasteiger partial charge in [0.1, 0.15) is 11.5 Å². The summed E-state index contributed by atoms with van der Waals surface area (Å²) < 4.78 is 17.4. The van der Waals surface area contributed by atoms with Crippen LogP contribution in [0.15, 0.2) is 78.4 Å². The molecular weight excluding hydrogens is 518 g/mol. The van der Waals surface area contributed by atoms with Crippen molar-refractivity contribution in [2.45, 2.75) is 52.0 Å². The molecule has 0 saturated carbocycles. The number of nitrogens with zero attached hydrogens (tertiary/aromatic N) is 1. The monoisotopic (exact) mass is 557 g/mol. The molecule has 7 nitrogen and oxygen atoms in total. The molecule has 1 unspecified atom stereocenters. The number of benzene rings is 3. The number of aliphatic hydroxyl groups excluding tert-OH is 1. The Morgan fingerprint density at radius 1 is 0.854 bits per heavy atom. The van der Waals surface area contributed by atoms with Gasteiger partial charge in [0, 0.05) is 12.1 Å². The molecule has 1 saturated heterocycles. The van der Waals surface area contributed by atoms with Crippen molar-refractivity contribution in [3.05, 3.63) is 95.1 Å². The number of amides is 1. The number of hydrogen-bond acceptors (Lipinski definition) is 6. The van der Waals surface area contributed by atoms with Gasteiger partial charge < -0.3 is 24.2 Å². The van der Waals surface area contributed by atoms with Gasteiger partial charge in [0.05, 0.1) is 31.9 Å². The highest BCUT2D eigenvalue weighted by Crippen LogP contribution is 2.42. The zero-order valence-electron chi connectivity index (χ0n) is 24.1. The molecule has 1 amide bonds. The molecule has 3 aromatic rings. The number of aliphatic hydroxyl groups is 1. The van der Waals surface area contributed by atoms with Crippen molar-refractivity contribution in [3.63, 3.8) is 0 Å². The smallest absolute Gasteiger partial charge is 0.295 e. The minimum Gasteiger partial charge on any atom is -0.507 e. The van der Waals surface area contributed by atoms with Crippen molar-refractivity contribution in [2.75, 3.05) is 26.9 Å². The standard InChI is InChI=1S/C34H39NO6/c1-4-6-10-21-41-28-17-16-25(23-29(28)39-3)31-30(32(36)26-14-11-15-27(22-26)40-20-5-2)33(37)34(38)35(31)19-18-24-12-8-7-9-13-24/h7-9,11-17,22-23,31,36H,4-6,10,18-21H2,1-3H3/b32-30+. The fraction of sp³-hybridized carbons (Fsp3) is 0.353. The number of rotatable bonds is 14. The number of unbranched alkanes of at least 4 members (excludes halogenated alkanes) is 2. The molecule has 1 atom stereocenters. The summed E-state index contributed by atoms with van der Waals surface area (Å²) >= 11 is 0. The van der Waals surface area contributed by atoms with Crippen LogP contribution < -0.4 is 14.2 Å². The van der Waals surface area contributed by atoms with E-state index in [1.54, 1.807) is 43.5 Å². The maximum absolute atomic E-state index is 13.5. The minimum atomic E-state index is -0.804. The Bertz CT molecular complexity index is 1370. The second kappa shape index (κ2) is 14.4. The summed E-state index contributed by atoms with van der Waals surface area (Å²) in [6.45, 7) is 5.54. The van der Waals surface area contributed by atoms with E-state index in [4.69, 9.17) is 14.2 Å². The summed E-state index contributed by atoms with van der Waals surface area (Å²) in [5.41, 5.74) is 2.14. The van der Waals surface area contributed by atoms with E-state index in [0.717, 1.165) is 31.2 Å². The van der Waals surface area contributed by atoms with E-state index in [1.807, 2.05) is 43.3 Å². The Morgan fingerprint density at radius 2 is 1.66 bits per heavy atom. The minimum absolute atomic E-state index is 0.0365. The fourth-order valence-corrected chi connectivity index (χ4v) is 4.97. The second-order valence-electron chi connectivity index (χ2n) is 10.1. The number of likely N-dealkylation sites (tertiary alicyclic amines) is 1. The zero-order valence-corrected chi connectivity index (χ0v) is 24.1. The number of ketones is 1. The molecular formula is C34H39NO6. The van der Waals surface area contributed by atoms with Gasteiger partial charge >= 0.3 is 0 Å². The lowest BCUT2D eigenvalue weighted by molar-refractivity contribution is -0.139. The van der Waals surface area contributed by atoms with Gasteiger partial charge in [0.15, 0.2) is 11.5 Å². The number of Topliss-reactive ketones (excluding diaryl/α,β-unsaturated/α-hetero) is 1. The average molecular weight is 558 g/mol. The van der Waals surface area contributed by atoms with Crippen molar-refractivity contribution in [3.8, 4) is 17.2 Å². The Morgan fingerprint density at radius 3 is 2.39 bits per heavy atom. The van der Waals surface area contributed by atoms with E-state index in [9.17, 15) is 14.7 Å². The third-order valence-electron chi connectivity index (χ3n) is 7.11. The summed E-state index contributed by atoms with van der Waals surface area (Å²) in [5.74, 6) is 0.0642. The van der Waals surface area contributed by atoms with Gasteiger partial charge in [-0.1, -0.05) is 75.2 Å². The maximum Gasteiger partial charge on any atom is 0.295 e. The van der Waals surface area contributed by atoms with E-state index >= 15 is 0 Å². The summed E-state index contributed by atoms with van der Waals surface area (Å²) in [5, 5.41) is 11.5. The van der Waals surface area contributed by atoms with Crippen LogP contribution in [0.5, 0.6) is 17.2 Å². The first-order valence-corrected chi connectivity index (χ1v) is 14.3. The normalized spacial score (nSPS) is 16.2. The molecule has 41 heavy (non-hydrogen) atoms. The first-order chi connectivity index (χ1) is 20.0. The Hall–Kier alpha value is -4.26. The second-order valence-corrected chi connectivity index (χ2v) is 10.1. The van der Waals surface area contributed by atoms with Crippen molar-refractivity contribution in [1.29, 1.82) is 0 Å². The van der Waals surface area contributed by atoms with Crippen LogP contribution in [0.25, 0.3) is 5.76 Å². The lowest BCUT2D eigenvalue weighted by Gasteiger charge is -2.26. The van der Waals surface area contributed by atoms with E-state index in [0.29, 0.717) is 54.6 Å². The molecule has 216 valence electrons. The molecule has 4 rings (SSSR count). The average Bonchev–Trinajstić information content (AvgIpc) is 3.26. The highest BCUT2D eigenvalue weighted by Gasteiger charge is 2.46. The van der Waals surface area contributed by atoms with E-state index < -0.39 is 17.7 Å².